The summed E-state index contributed by atoms with van der Waals surface area (Å²) in [4.78, 5) is 0. The van der Waals surface area contributed by atoms with E-state index >= 15 is 0 Å². The zero-order valence-corrected chi connectivity index (χ0v) is 15.0. The van der Waals surface area contributed by atoms with Gasteiger partial charge in [0.1, 0.15) is 5.75 Å². The highest BCUT2D eigenvalue weighted by Crippen LogP contribution is 2.26. The molecule has 2 aromatic carbocycles. The summed E-state index contributed by atoms with van der Waals surface area (Å²) in [5, 5.41) is 9.60. The molecule has 0 fully saturated rings. The average Bonchev–Trinajstić information content (AvgIpc) is 3.05. The van der Waals surface area contributed by atoms with Gasteiger partial charge in [-0.15, -0.1) is 16.8 Å². The van der Waals surface area contributed by atoms with Crippen molar-refractivity contribution in [1.29, 1.82) is 0 Å². The number of nitrogens with zero attached hydrogens (tertiary/aromatic N) is 3. The molecule has 0 bridgehead atoms. The first kappa shape index (κ1) is 17.3. The maximum Gasteiger partial charge on any atom is 0.191 e. The van der Waals surface area contributed by atoms with Crippen LogP contribution >= 0.6 is 11.8 Å². The standard InChI is InChI=1S/C20H21N3OS/c1-3-14-23-19(16(2)24-18-12-8-5-9-13-18)21-22-20(23)25-15-17-10-6-4-7-11-17/h3-13,16H,1,14-15H2,2H3. The van der Waals surface area contributed by atoms with Gasteiger partial charge in [-0.1, -0.05) is 66.4 Å². The fraction of sp³-hybridized carbons (Fsp3) is 0.200. The molecule has 25 heavy (non-hydrogen) atoms. The van der Waals surface area contributed by atoms with Crippen LogP contribution in [0.25, 0.3) is 0 Å². The SMILES string of the molecule is C=CCn1c(SCc2ccccc2)nnc1C(C)Oc1ccccc1. The number of hydrogen-bond acceptors (Lipinski definition) is 4. The fourth-order valence-corrected chi connectivity index (χ4v) is 3.40. The number of benzene rings is 2. The summed E-state index contributed by atoms with van der Waals surface area (Å²) in [5.41, 5.74) is 1.26. The normalized spacial score (nSPS) is 11.9. The van der Waals surface area contributed by atoms with E-state index in [-0.39, 0.29) is 6.10 Å². The Balaban J connectivity index is 1.75. The quantitative estimate of drug-likeness (QED) is 0.428. The lowest BCUT2D eigenvalue weighted by molar-refractivity contribution is 0.210. The van der Waals surface area contributed by atoms with Gasteiger partial charge in [-0.25, -0.2) is 0 Å². The number of rotatable bonds is 8. The molecule has 0 N–H and O–H groups in total. The van der Waals surface area contributed by atoms with Gasteiger partial charge in [0.25, 0.3) is 0 Å². The summed E-state index contributed by atoms with van der Waals surface area (Å²) in [7, 11) is 0. The zero-order chi connectivity index (χ0) is 17.5. The van der Waals surface area contributed by atoms with Gasteiger partial charge in [-0.05, 0) is 24.6 Å². The molecule has 0 aliphatic heterocycles. The lowest BCUT2D eigenvalue weighted by atomic mass is 10.2. The van der Waals surface area contributed by atoms with Gasteiger partial charge in [-0.3, -0.25) is 4.57 Å². The molecule has 5 heteroatoms. The lowest BCUT2D eigenvalue weighted by Gasteiger charge is -2.15. The van der Waals surface area contributed by atoms with Crippen molar-refractivity contribution in [3.63, 3.8) is 0 Å². The first-order chi connectivity index (χ1) is 12.3. The Labute approximate surface area is 152 Å². The molecule has 128 valence electrons. The van der Waals surface area contributed by atoms with Crippen LogP contribution in [0.2, 0.25) is 0 Å². The third kappa shape index (κ3) is 4.51. The molecule has 3 aromatic rings. The van der Waals surface area contributed by atoms with E-state index in [1.54, 1.807) is 11.8 Å². The third-order valence-corrected chi connectivity index (χ3v) is 4.73. The molecule has 1 unspecified atom stereocenters. The summed E-state index contributed by atoms with van der Waals surface area (Å²) in [6.07, 6.45) is 1.66. The van der Waals surface area contributed by atoms with Gasteiger partial charge in [0, 0.05) is 12.3 Å². The molecular formula is C20H21N3OS. The minimum absolute atomic E-state index is 0.194. The highest BCUT2D eigenvalue weighted by Gasteiger charge is 2.19. The summed E-state index contributed by atoms with van der Waals surface area (Å²) in [6, 6.07) is 20.1. The number of hydrogen-bond donors (Lipinski definition) is 0. The molecule has 4 nitrogen and oxygen atoms in total. The van der Waals surface area contributed by atoms with Crippen molar-refractivity contribution in [2.75, 3.05) is 0 Å². The summed E-state index contributed by atoms with van der Waals surface area (Å²) < 4.78 is 8.06. The smallest absolute Gasteiger partial charge is 0.191 e. The van der Waals surface area contributed by atoms with E-state index < -0.39 is 0 Å². The second-order valence-electron chi connectivity index (χ2n) is 5.59. The lowest BCUT2D eigenvalue weighted by Crippen LogP contribution is -2.12. The predicted molar refractivity (Wildman–Crippen MR) is 102 cm³/mol. The number of para-hydroxylation sites is 1. The van der Waals surface area contributed by atoms with E-state index in [1.807, 2.05) is 61.5 Å². The van der Waals surface area contributed by atoms with Crippen LogP contribution < -0.4 is 4.74 Å². The summed E-state index contributed by atoms with van der Waals surface area (Å²) >= 11 is 1.67. The van der Waals surface area contributed by atoms with Crippen LogP contribution in [0.5, 0.6) is 5.75 Å². The molecule has 0 amide bonds. The monoisotopic (exact) mass is 351 g/mol. The van der Waals surface area contributed by atoms with Crippen molar-refractivity contribution in [2.24, 2.45) is 0 Å². The van der Waals surface area contributed by atoms with E-state index in [4.69, 9.17) is 4.74 Å². The van der Waals surface area contributed by atoms with Gasteiger partial charge in [0.05, 0.1) is 0 Å². The molecule has 1 atom stereocenters. The Morgan fingerprint density at radius 2 is 1.76 bits per heavy atom. The van der Waals surface area contributed by atoms with E-state index in [0.29, 0.717) is 6.54 Å². The minimum atomic E-state index is -0.194. The Morgan fingerprint density at radius 1 is 1.08 bits per heavy atom. The van der Waals surface area contributed by atoms with Gasteiger partial charge >= 0.3 is 0 Å². The van der Waals surface area contributed by atoms with Crippen molar-refractivity contribution in [2.45, 2.75) is 30.5 Å². The van der Waals surface area contributed by atoms with E-state index in [1.165, 1.54) is 5.56 Å². The second kappa shape index (κ2) is 8.53. The fourth-order valence-electron chi connectivity index (χ4n) is 2.49. The first-order valence-corrected chi connectivity index (χ1v) is 9.19. The molecule has 0 aliphatic rings. The molecule has 0 spiro atoms. The van der Waals surface area contributed by atoms with Gasteiger partial charge in [0.2, 0.25) is 0 Å². The van der Waals surface area contributed by atoms with E-state index in [9.17, 15) is 0 Å². The molecular weight excluding hydrogens is 330 g/mol. The Bertz CT molecular complexity index is 802. The van der Waals surface area contributed by atoms with E-state index in [0.717, 1.165) is 22.5 Å². The van der Waals surface area contributed by atoms with Gasteiger partial charge in [0.15, 0.2) is 17.1 Å². The molecule has 1 heterocycles. The Hall–Kier alpha value is -2.53. The molecule has 0 radical (unpaired) electrons. The van der Waals surface area contributed by atoms with Crippen LogP contribution in [-0.4, -0.2) is 14.8 Å². The third-order valence-electron chi connectivity index (χ3n) is 3.69. The molecule has 1 aromatic heterocycles. The Morgan fingerprint density at radius 3 is 2.44 bits per heavy atom. The number of ether oxygens (including phenoxy) is 1. The molecule has 0 aliphatic carbocycles. The van der Waals surface area contributed by atoms with Crippen LogP contribution in [0.4, 0.5) is 0 Å². The van der Waals surface area contributed by atoms with Crippen molar-refractivity contribution < 1.29 is 4.74 Å². The average molecular weight is 351 g/mol. The van der Waals surface area contributed by atoms with Crippen molar-refractivity contribution >= 4 is 11.8 Å². The summed E-state index contributed by atoms with van der Waals surface area (Å²) in [5.74, 6) is 2.48. The number of allylic oxidation sites excluding steroid dienone is 1. The van der Waals surface area contributed by atoms with Crippen molar-refractivity contribution in [3.8, 4) is 5.75 Å². The topological polar surface area (TPSA) is 39.9 Å². The van der Waals surface area contributed by atoms with Crippen LogP contribution in [0.1, 0.15) is 24.4 Å². The minimum Gasteiger partial charge on any atom is -0.483 e. The molecule has 0 saturated carbocycles. The van der Waals surface area contributed by atoms with Crippen molar-refractivity contribution in [3.05, 3.63) is 84.7 Å². The van der Waals surface area contributed by atoms with Gasteiger partial charge in [-0.2, -0.15) is 0 Å². The second-order valence-corrected chi connectivity index (χ2v) is 6.53. The highest BCUT2D eigenvalue weighted by molar-refractivity contribution is 7.98. The van der Waals surface area contributed by atoms with Gasteiger partial charge < -0.3 is 4.74 Å². The number of aromatic nitrogens is 3. The number of thioether (sulfide) groups is 1. The van der Waals surface area contributed by atoms with E-state index in [2.05, 4.69) is 33.5 Å². The molecule has 3 rings (SSSR count). The Kier molecular flexibility index (Phi) is 5.90. The largest absolute Gasteiger partial charge is 0.483 e. The predicted octanol–water partition coefficient (Wildman–Crippen LogP) is 4.90. The first-order valence-electron chi connectivity index (χ1n) is 8.20. The van der Waals surface area contributed by atoms with Crippen LogP contribution in [0.3, 0.4) is 0 Å². The van der Waals surface area contributed by atoms with Crippen LogP contribution in [0.15, 0.2) is 78.5 Å². The highest BCUT2D eigenvalue weighted by atomic mass is 32.2. The maximum absolute atomic E-state index is 6.00. The molecule has 0 saturated heterocycles. The zero-order valence-electron chi connectivity index (χ0n) is 14.2. The van der Waals surface area contributed by atoms with Crippen molar-refractivity contribution in [1.82, 2.24) is 14.8 Å². The van der Waals surface area contributed by atoms with Crippen LogP contribution in [-0.2, 0) is 12.3 Å². The maximum atomic E-state index is 6.00. The van der Waals surface area contributed by atoms with Crippen LogP contribution in [0, 0.1) is 0 Å². The summed E-state index contributed by atoms with van der Waals surface area (Å²) in [6.45, 7) is 6.50.